The van der Waals surface area contributed by atoms with Gasteiger partial charge in [0.2, 0.25) is 0 Å². The zero-order valence-corrected chi connectivity index (χ0v) is 13.5. The molecule has 2 aromatic carbocycles. The Balaban J connectivity index is 1.92. The van der Waals surface area contributed by atoms with E-state index in [1.807, 2.05) is 78.9 Å². The molecule has 4 rings (SSSR count). The fourth-order valence-corrected chi connectivity index (χ4v) is 2.87. The van der Waals surface area contributed by atoms with Crippen LogP contribution in [0.25, 0.3) is 22.6 Å². The quantitative estimate of drug-likeness (QED) is 0.563. The molecule has 25 heavy (non-hydrogen) atoms. The average Bonchev–Trinajstić information content (AvgIpc) is 3.00. The number of nitrogens with zero attached hydrogens (tertiary/aromatic N) is 2. The van der Waals surface area contributed by atoms with Crippen molar-refractivity contribution in [3.63, 3.8) is 0 Å². The predicted molar refractivity (Wildman–Crippen MR) is 97.2 cm³/mol. The van der Waals surface area contributed by atoms with Crippen LogP contribution in [0.1, 0.15) is 5.69 Å². The highest BCUT2D eigenvalue weighted by Gasteiger charge is 2.20. The van der Waals surface area contributed by atoms with Gasteiger partial charge in [0.05, 0.1) is 17.9 Å². The fraction of sp³-hybridized carbons (Fsp3) is 0.0476. The molecule has 0 aliphatic carbocycles. The lowest BCUT2D eigenvalue weighted by atomic mass is 10.1. The highest BCUT2D eigenvalue weighted by atomic mass is 16.4. The molecule has 0 fully saturated rings. The summed E-state index contributed by atoms with van der Waals surface area (Å²) in [5.41, 5.74) is 3.38. The molecule has 0 saturated heterocycles. The van der Waals surface area contributed by atoms with Gasteiger partial charge < -0.3 is 4.42 Å². The summed E-state index contributed by atoms with van der Waals surface area (Å²) < 4.78 is 7.28. The molecule has 0 spiro atoms. The maximum Gasteiger partial charge on any atom is 0.420 e. The Morgan fingerprint density at radius 1 is 0.800 bits per heavy atom. The number of hydrogen-bond acceptors (Lipinski definition) is 3. The molecule has 4 nitrogen and oxygen atoms in total. The molecule has 0 aliphatic heterocycles. The molecule has 0 atom stereocenters. The maximum atomic E-state index is 12.6. The Bertz CT molecular complexity index is 1020. The second-order valence-corrected chi connectivity index (χ2v) is 5.68. The van der Waals surface area contributed by atoms with E-state index >= 15 is 0 Å². The minimum Gasteiger partial charge on any atom is -0.407 e. The highest BCUT2D eigenvalue weighted by molar-refractivity contribution is 5.77. The smallest absolute Gasteiger partial charge is 0.407 e. The molecule has 0 bridgehead atoms. The molecule has 4 heteroatoms. The van der Waals surface area contributed by atoms with Crippen LogP contribution in [-0.4, -0.2) is 9.55 Å². The zero-order valence-electron chi connectivity index (χ0n) is 13.5. The molecular formula is C21H16N2O2. The van der Waals surface area contributed by atoms with Crippen molar-refractivity contribution >= 4 is 0 Å². The lowest BCUT2D eigenvalue weighted by molar-refractivity contribution is 0.496. The first kappa shape index (κ1) is 15.1. The van der Waals surface area contributed by atoms with Gasteiger partial charge in [0.15, 0.2) is 5.76 Å². The third-order valence-electron chi connectivity index (χ3n) is 4.02. The summed E-state index contributed by atoms with van der Waals surface area (Å²) in [5, 5.41) is 0. The van der Waals surface area contributed by atoms with Gasteiger partial charge in [-0.05, 0) is 12.1 Å². The summed E-state index contributed by atoms with van der Waals surface area (Å²) in [6, 6.07) is 25.2. The molecule has 0 saturated carbocycles. The van der Waals surface area contributed by atoms with Crippen LogP contribution in [0.4, 0.5) is 0 Å². The minimum absolute atomic E-state index is 0.361. The van der Waals surface area contributed by atoms with Crippen LogP contribution in [-0.2, 0) is 6.54 Å². The summed E-state index contributed by atoms with van der Waals surface area (Å²) in [4.78, 5) is 16.9. The van der Waals surface area contributed by atoms with Crippen LogP contribution >= 0.6 is 0 Å². The Morgan fingerprint density at radius 2 is 1.44 bits per heavy atom. The lowest BCUT2D eigenvalue weighted by Gasteiger charge is -2.08. The number of pyridine rings is 1. The number of oxazole rings is 1. The number of benzene rings is 2. The summed E-state index contributed by atoms with van der Waals surface area (Å²) in [5.74, 6) is 0.191. The summed E-state index contributed by atoms with van der Waals surface area (Å²) in [6.07, 6.45) is 1.72. The molecule has 2 heterocycles. The van der Waals surface area contributed by atoms with Crippen molar-refractivity contribution < 1.29 is 4.42 Å². The van der Waals surface area contributed by atoms with Gasteiger partial charge >= 0.3 is 5.76 Å². The van der Waals surface area contributed by atoms with Crippen molar-refractivity contribution in [1.29, 1.82) is 0 Å². The van der Waals surface area contributed by atoms with E-state index in [0.29, 0.717) is 12.3 Å². The van der Waals surface area contributed by atoms with E-state index in [1.165, 1.54) is 0 Å². The highest BCUT2D eigenvalue weighted by Crippen LogP contribution is 2.31. The monoisotopic (exact) mass is 328 g/mol. The van der Waals surface area contributed by atoms with Gasteiger partial charge in [-0.1, -0.05) is 66.7 Å². The van der Waals surface area contributed by atoms with Gasteiger partial charge in [-0.3, -0.25) is 9.55 Å². The molecule has 0 radical (unpaired) electrons. The van der Waals surface area contributed by atoms with Crippen molar-refractivity contribution in [2.75, 3.05) is 0 Å². The van der Waals surface area contributed by atoms with Gasteiger partial charge in [0.1, 0.15) is 0 Å². The van der Waals surface area contributed by atoms with Crippen molar-refractivity contribution in [3.05, 3.63) is 101 Å². The summed E-state index contributed by atoms with van der Waals surface area (Å²) >= 11 is 0. The lowest BCUT2D eigenvalue weighted by Crippen LogP contribution is -2.16. The predicted octanol–water partition coefficient (Wildman–Crippen LogP) is 4.22. The summed E-state index contributed by atoms with van der Waals surface area (Å²) in [7, 11) is 0. The molecule has 0 aliphatic rings. The molecule has 0 N–H and O–H groups in total. The fourth-order valence-electron chi connectivity index (χ4n) is 2.87. The zero-order chi connectivity index (χ0) is 17.1. The minimum atomic E-state index is -0.386. The van der Waals surface area contributed by atoms with Gasteiger partial charge in [0.25, 0.3) is 0 Å². The van der Waals surface area contributed by atoms with E-state index in [9.17, 15) is 4.79 Å². The molecule has 0 amide bonds. The molecule has 4 aromatic rings. The molecular weight excluding hydrogens is 312 g/mol. The van der Waals surface area contributed by atoms with Gasteiger partial charge in [-0.25, -0.2) is 4.79 Å². The third kappa shape index (κ3) is 3.02. The Kier molecular flexibility index (Phi) is 4.01. The van der Waals surface area contributed by atoms with E-state index in [0.717, 1.165) is 22.5 Å². The second kappa shape index (κ2) is 6.61. The van der Waals surface area contributed by atoms with Crippen LogP contribution < -0.4 is 5.76 Å². The van der Waals surface area contributed by atoms with Gasteiger partial charge in [-0.15, -0.1) is 0 Å². The van der Waals surface area contributed by atoms with E-state index in [-0.39, 0.29) is 5.76 Å². The van der Waals surface area contributed by atoms with Crippen LogP contribution in [0.3, 0.4) is 0 Å². The topological polar surface area (TPSA) is 48.0 Å². The first-order valence-corrected chi connectivity index (χ1v) is 8.07. The average molecular weight is 328 g/mol. The summed E-state index contributed by atoms with van der Waals surface area (Å²) in [6.45, 7) is 0.361. The molecule has 0 unspecified atom stereocenters. The SMILES string of the molecule is O=c1oc(-c2ccccc2)c(-c2ccccc2)n1Cc1ccccn1. The van der Waals surface area contributed by atoms with Gasteiger partial charge in [0, 0.05) is 17.3 Å². The van der Waals surface area contributed by atoms with Crippen molar-refractivity contribution in [1.82, 2.24) is 9.55 Å². The largest absolute Gasteiger partial charge is 0.420 e. The Labute approximate surface area is 145 Å². The number of aromatic nitrogens is 2. The standard InChI is InChI=1S/C21H16N2O2/c24-21-23(15-18-13-7-8-14-22-18)19(16-9-3-1-4-10-16)20(25-21)17-11-5-2-6-12-17/h1-14H,15H2. The third-order valence-corrected chi connectivity index (χ3v) is 4.02. The first-order valence-electron chi connectivity index (χ1n) is 8.07. The number of hydrogen-bond donors (Lipinski definition) is 0. The maximum absolute atomic E-state index is 12.6. The van der Waals surface area contributed by atoms with Crippen LogP contribution in [0, 0.1) is 0 Å². The van der Waals surface area contributed by atoms with Crippen LogP contribution in [0.15, 0.2) is 94.3 Å². The van der Waals surface area contributed by atoms with E-state index in [1.54, 1.807) is 10.8 Å². The van der Waals surface area contributed by atoms with E-state index in [4.69, 9.17) is 4.42 Å². The van der Waals surface area contributed by atoms with Crippen LogP contribution in [0.5, 0.6) is 0 Å². The molecule has 2 aromatic heterocycles. The Hall–Kier alpha value is -3.40. The molecule has 122 valence electrons. The van der Waals surface area contributed by atoms with Gasteiger partial charge in [-0.2, -0.15) is 0 Å². The second-order valence-electron chi connectivity index (χ2n) is 5.68. The van der Waals surface area contributed by atoms with Crippen LogP contribution in [0.2, 0.25) is 0 Å². The first-order chi connectivity index (χ1) is 12.3. The van der Waals surface area contributed by atoms with E-state index in [2.05, 4.69) is 4.98 Å². The normalized spacial score (nSPS) is 10.7. The Morgan fingerprint density at radius 3 is 2.08 bits per heavy atom. The van der Waals surface area contributed by atoms with Crippen molar-refractivity contribution in [2.45, 2.75) is 6.54 Å². The van der Waals surface area contributed by atoms with E-state index < -0.39 is 0 Å². The van der Waals surface area contributed by atoms with Crippen molar-refractivity contribution in [2.24, 2.45) is 0 Å². The number of rotatable bonds is 4. The van der Waals surface area contributed by atoms with Crippen molar-refractivity contribution in [3.8, 4) is 22.6 Å².